The zero-order valence-electron chi connectivity index (χ0n) is 13.3. The summed E-state index contributed by atoms with van der Waals surface area (Å²) in [5, 5.41) is 10.5. The van der Waals surface area contributed by atoms with Crippen molar-refractivity contribution in [3.05, 3.63) is 29.8 Å². The summed E-state index contributed by atoms with van der Waals surface area (Å²) in [4.78, 5) is 2.42. The molecule has 1 saturated carbocycles. The molecule has 0 amide bonds. The van der Waals surface area contributed by atoms with Crippen molar-refractivity contribution in [2.75, 3.05) is 18.0 Å². The van der Waals surface area contributed by atoms with Crippen LogP contribution in [0.1, 0.15) is 56.6 Å². The van der Waals surface area contributed by atoms with Crippen LogP contribution in [-0.2, 0) is 0 Å². The van der Waals surface area contributed by atoms with Gasteiger partial charge in [0.25, 0.3) is 0 Å². The van der Waals surface area contributed by atoms with Gasteiger partial charge in [0.1, 0.15) is 0 Å². The maximum Gasteiger partial charge on any atom is 0.0760 e. The Hall–Kier alpha value is -0.770. The minimum absolute atomic E-state index is 0. The first kappa shape index (κ1) is 17.6. The molecule has 2 fully saturated rings. The van der Waals surface area contributed by atoms with Crippen molar-refractivity contribution in [1.82, 2.24) is 0 Å². The molecular weight excluding hydrogens is 296 g/mol. The van der Waals surface area contributed by atoms with Crippen LogP contribution < -0.4 is 10.6 Å². The summed E-state index contributed by atoms with van der Waals surface area (Å²) in [5.41, 5.74) is 8.66. The summed E-state index contributed by atoms with van der Waals surface area (Å²) < 4.78 is 0. The number of nitrogens with zero attached hydrogens (tertiary/aromatic N) is 1. The molecule has 1 aromatic rings. The summed E-state index contributed by atoms with van der Waals surface area (Å²) in [6.45, 7) is 2.33. The predicted octanol–water partition coefficient (Wildman–Crippen LogP) is 3.65. The molecule has 124 valence electrons. The third kappa shape index (κ3) is 3.95. The highest BCUT2D eigenvalue weighted by Crippen LogP contribution is 2.32. The first-order valence-electron chi connectivity index (χ1n) is 8.54. The third-order valence-corrected chi connectivity index (χ3v) is 5.25. The van der Waals surface area contributed by atoms with Gasteiger partial charge in [0, 0.05) is 18.8 Å². The molecule has 2 atom stereocenters. The van der Waals surface area contributed by atoms with E-state index in [1.807, 2.05) is 0 Å². The Bertz CT molecular complexity index is 439. The van der Waals surface area contributed by atoms with E-state index in [-0.39, 0.29) is 18.4 Å². The van der Waals surface area contributed by atoms with Crippen molar-refractivity contribution >= 4 is 18.1 Å². The molecule has 3 N–H and O–H groups in total. The maximum atomic E-state index is 10.5. The van der Waals surface area contributed by atoms with Gasteiger partial charge in [-0.1, -0.05) is 31.4 Å². The van der Waals surface area contributed by atoms with E-state index < -0.39 is 6.10 Å². The van der Waals surface area contributed by atoms with Gasteiger partial charge in [0.2, 0.25) is 0 Å². The molecular formula is C18H29ClN2O. The first-order valence-corrected chi connectivity index (χ1v) is 8.54. The van der Waals surface area contributed by atoms with Crippen molar-refractivity contribution in [3.63, 3.8) is 0 Å². The van der Waals surface area contributed by atoms with Crippen LogP contribution in [0.3, 0.4) is 0 Å². The molecule has 0 radical (unpaired) electrons. The van der Waals surface area contributed by atoms with Crippen molar-refractivity contribution in [1.29, 1.82) is 0 Å². The number of anilines is 1. The third-order valence-electron chi connectivity index (χ3n) is 5.25. The molecule has 0 bridgehead atoms. The molecule has 3 rings (SSSR count). The molecule has 1 heterocycles. The predicted molar refractivity (Wildman–Crippen MR) is 94.6 cm³/mol. The minimum atomic E-state index is -0.400. The fraction of sp³-hybridized carbons (Fsp3) is 0.667. The van der Waals surface area contributed by atoms with Gasteiger partial charge in [-0.05, 0) is 49.3 Å². The fourth-order valence-corrected chi connectivity index (χ4v) is 3.85. The van der Waals surface area contributed by atoms with Gasteiger partial charge >= 0.3 is 0 Å². The summed E-state index contributed by atoms with van der Waals surface area (Å²) in [6, 6.07) is 8.28. The number of halogens is 1. The molecule has 1 aliphatic carbocycles. The van der Waals surface area contributed by atoms with E-state index in [9.17, 15) is 5.11 Å². The van der Waals surface area contributed by atoms with Crippen LogP contribution >= 0.6 is 12.4 Å². The summed E-state index contributed by atoms with van der Waals surface area (Å²) in [6.07, 6.45) is 8.22. The maximum absolute atomic E-state index is 10.5. The number of hydrogen-bond donors (Lipinski definition) is 2. The molecule has 0 aromatic heterocycles. The van der Waals surface area contributed by atoms with Gasteiger partial charge in [-0.3, -0.25) is 0 Å². The van der Waals surface area contributed by atoms with Gasteiger partial charge in [-0.2, -0.15) is 0 Å². The number of rotatable bonds is 4. The largest absolute Gasteiger partial charge is 0.391 e. The smallest absolute Gasteiger partial charge is 0.0760 e. The molecule has 3 nitrogen and oxygen atoms in total. The minimum Gasteiger partial charge on any atom is -0.391 e. The standard InChI is InChI=1S/C18H28N2O.ClH/c19-17(18(21)15-6-2-1-3-7-15)14-8-10-16(11-9-14)20-12-4-5-13-20;/h8-11,15,17-18,21H,1-7,12-13,19H2;1H/t17-,18+;/m0./s1. The van der Waals surface area contributed by atoms with Crippen LogP contribution in [0, 0.1) is 5.92 Å². The number of benzene rings is 1. The molecule has 22 heavy (non-hydrogen) atoms. The zero-order chi connectivity index (χ0) is 14.7. The highest BCUT2D eigenvalue weighted by Gasteiger charge is 2.27. The summed E-state index contributed by atoms with van der Waals surface area (Å²) in [5.74, 6) is 0.381. The van der Waals surface area contributed by atoms with E-state index in [4.69, 9.17) is 5.73 Å². The lowest BCUT2D eigenvalue weighted by Gasteiger charge is -2.30. The monoisotopic (exact) mass is 324 g/mol. The Morgan fingerprint density at radius 2 is 1.55 bits per heavy atom. The molecule has 1 aromatic carbocycles. The number of aliphatic hydroxyl groups excluding tert-OH is 1. The fourth-order valence-electron chi connectivity index (χ4n) is 3.85. The van der Waals surface area contributed by atoms with Crippen molar-refractivity contribution in [2.24, 2.45) is 11.7 Å². The average molecular weight is 325 g/mol. The van der Waals surface area contributed by atoms with Gasteiger partial charge in [0.05, 0.1) is 12.1 Å². The van der Waals surface area contributed by atoms with Gasteiger partial charge < -0.3 is 15.7 Å². The molecule has 0 unspecified atom stereocenters. The normalized spacial score (nSPS) is 22.2. The van der Waals surface area contributed by atoms with Crippen LogP contribution in [0.25, 0.3) is 0 Å². The van der Waals surface area contributed by atoms with E-state index in [0.717, 1.165) is 31.5 Å². The van der Waals surface area contributed by atoms with E-state index in [1.165, 1.54) is 37.8 Å². The Morgan fingerprint density at radius 3 is 2.14 bits per heavy atom. The highest BCUT2D eigenvalue weighted by molar-refractivity contribution is 5.85. The van der Waals surface area contributed by atoms with Crippen LogP contribution in [0.2, 0.25) is 0 Å². The van der Waals surface area contributed by atoms with Gasteiger partial charge in [0.15, 0.2) is 0 Å². The van der Waals surface area contributed by atoms with Crippen molar-refractivity contribution < 1.29 is 5.11 Å². The Labute approximate surface area is 140 Å². The zero-order valence-corrected chi connectivity index (χ0v) is 14.1. The Balaban J connectivity index is 0.00000176. The number of hydrogen-bond acceptors (Lipinski definition) is 3. The Morgan fingerprint density at radius 1 is 0.955 bits per heavy atom. The van der Waals surface area contributed by atoms with Crippen molar-refractivity contribution in [3.8, 4) is 0 Å². The van der Waals surface area contributed by atoms with Crippen LogP contribution in [-0.4, -0.2) is 24.3 Å². The van der Waals surface area contributed by atoms with Crippen LogP contribution in [0.15, 0.2) is 24.3 Å². The summed E-state index contributed by atoms with van der Waals surface area (Å²) in [7, 11) is 0. The lowest BCUT2D eigenvalue weighted by atomic mass is 9.81. The average Bonchev–Trinajstić information content (AvgIpc) is 3.09. The van der Waals surface area contributed by atoms with Crippen LogP contribution in [0.5, 0.6) is 0 Å². The lowest BCUT2D eigenvalue weighted by molar-refractivity contribution is 0.0618. The molecule has 1 aliphatic heterocycles. The SMILES string of the molecule is Cl.N[C@@H](c1ccc(N2CCCC2)cc1)[C@H](O)C1CCCCC1. The van der Waals surface area contributed by atoms with Gasteiger partial charge in [-0.15, -0.1) is 12.4 Å². The number of nitrogens with two attached hydrogens (primary N) is 1. The molecule has 0 spiro atoms. The molecule has 4 heteroatoms. The second-order valence-electron chi connectivity index (χ2n) is 6.70. The van der Waals surface area contributed by atoms with Gasteiger partial charge in [-0.25, -0.2) is 0 Å². The first-order chi connectivity index (χ1) is 10.3. The number of aliphatic hydroxyl groups is 1. The van der Waals surface area contributed by atoms with Crippen molar-refractivity contribution in [2.45, 2.75) is 57.1 Å². The van der Waals surface area contributed by atoms with E-state index in [0.29, 0.717) is 5.92 Å². The van der Waals surface area contributed by atoms with E-state index in [1.54, 1.807) is 0 Å². The lowest BCUT2D eigenvalue weighted by Crippen LogP contribution is -2.34. The topological polar surface area (TPSA) is 49.5 Å². The Kier molecular flexibility index (Phi) is 6.54. The van der Waals surface area contributed by atoms with E-state index >= 15 is 0 Å². The molecule has 1 saturated heterocycles. The second kappa shape index (κ2) is 8.19. The quantitative estimate of drug-likeness (QED) is 0.888. The summed E-state index contributed by atoms with van der Waals surface area (Å²) >= 11 is 0. The molecule has 2 aliphatic rings. The van der Waals surface area contributed by atoms with Crippen LogP contribution in [0.4, 0.5) is 5.69 Å². The van der Waals surface area contributed by atoms with E-state index in [2.05, 4.69) is 29.2 Å². The highest BCUT2D eigenvalue weighted by atomic mass is 35.5. The second-order valence-corrected chi connectivity index (χ2v) is 6.70.